The van der Waals surface area contributed by atoms with Crippen LogP contribution in [0.3, 0.4) is 0 Å². The molecule has 0 aromatic carbocycles. The summed E-state index contributed by atoms with van der Waals surface area (Å²) in [5.41, 5.74) is 6.41. The number of phosphoric acid groups is 1. The number of nitrogen functional groups attached to an aromatic ring is 1. The number of aromatic nitrogens is 4. The number of nitrogens with two attached hydrogens (primary N) is 1. The van der Waals surface area contributed by atoms with E-state index in [2.05, 4.69) is 30.1 Å². The van der Waals surface area contributed by atoms with Crippen molar-refractivity contribution < 1.29 is 77.3 Å². The number of nitrogens with one attached hydrogen (secondary N) is 2. The number of nitrogens with zero attached hydrogens (tertiary/aromatic N) is 4. The van der Waals surface area contributed by atoms with Crippen LogP contribution in [-0.4, -0.2) is 163 Å². The van der Waals surface area contributed by atoms with Gasteiger partial charge in [-0.1, -0.05) is 0 Å². The van der Waals surface area contributed by atoms with E-state index in [1.54, 1.807) is 0 Å². The molecule has 4 heterocycles. The molecule has 0 saturated carbocycles. The summed E-state index contributed by atoms with van der Waals surface area (Å²) in [7, 11) is -4.85. The maximum Gasteiger partial charge on any atom is 0.469 e. The highest BCUT2D eigenvalue weighted by atomic mass is 31.2. The molecule has 2 aromatic heterocycles. The van der Waals surface area contributed by atoms with Crippen molar-refractivity contribution >= 4 is 36.6 Å². The molecule has 1 unspecified atom stereocenters. The van der Waals surface area contributed by atoms with Crippen LogP contribution in [-0.2, 0) is 47.1 Å². The Morgan fingerprint density at radius 2 is 1.75 bits per heavy atom. The zero-order valence-electron chi connectivity index (χ0n) is 28.2. The Hall–Kier alpha value is -3.00. The van der Waals surface area contributed by atoms with Crippen molar-refractivity contribution in [1.82, 2.24) is 30.2 Å². The normalized spacial score (nSPS) is 27.9. The summed E-state index contributed by atoms with van der Waals surface area (Å²) in [5.74, 6) is -0.564. The molecule has 2 aliphatic heterocycles. The average molecular weight is 768 g/mol. The van der Waals surface area contributed by atoms with Crippen LogP contribution in [0.25, 0.3) is 11.2 Å². The Morgan fingerprint density at radius 3 is 2.48 bits per heavy atom. The number of rotatable bonds is 21. The SMILES string of the molecule is CC(=O)N[C@H]1[C@H](OCCCCC(=O)NCCOCCOCO[C@@H]2[C@H](O)[C@@H](COP(=O)(O)O)O[C@H]2n2cnc3c(N)ncnc32)O[C@H](CO)C(O)[C@@H]1O. The first-order valence-corrected chi connectivity index (χ1v) is 17.8. The topological polar surface area (TPSA) is 331 Å². The van der Waals surface area contributed by atoms with Gasteiger partial charge in [0.2, 0.25) is 11.8 Å². The van der Waals surface area contributed by atoms with Gasteiger partial charge in [-0.05, 0) is 12.8 Å². The molecule has 10 N–H and O–H groups in total. The molecule has 2 saturated heterocycles. The molecule has 0 radical (unpaired) electrons. The number of amides is 2. The molecule has 2 amide bonds. The molecule has 4 rings (SSSR count). The number of imidazole rings is 1. The molecule has 294 valence electrons. The van der Waals surface area contributed by atoms with Crippen LogP contribution >= 0.6 is 7.82 Å². The van der Waals surface area contributed by atoms with Gasteiger partial charge >= 0.3 is 7.82 Å². The monoisotopic (exact) mass is 767 g/mol. The standard InChI is InChI=1S/C28H46N7O16P/c1-15(37)34-19-23(41)21(39)16(10-36)51-28(19)47-6-3-2-4-18(38)30-5-7-45-8-9-46-14-48-24-22(40)17(11-49-52(42,43)44)50-27(24)35-13-33-20-25(29)31-12-32-26(20)35/h12-13,16-17,19,21-24,27-28,36,39-41H,2-11,14H2,1H3,(H,30,38)(H,34,37)(H2,29,31,32)(H2,42,43,44)/t16-,17-,19-,21?,22-,23-,24-,27-,28-/m1/s1. The highest BCUT2D eigenvalue weighted by Gasteiger charge is 2.47. The highest BCUT2D eigenvalue weighted by molar-refractivity contribution is 7.46. The zero-order valence-corrected chi connectivity index (χ0v) is 29.1. The summed E-state index contributed by atoms with van der Waals surface area (Å²) in [4.78, 5) is 54.1. The Labute approximate surface area is 296 Å². The maximum absolute atomic E-state index is 12.2. The van der Waals surface area contributed by atoms with Gasteiger partial charge in [-0.2, -0.15) is 0 Å². The number of phosphoric ester groups is 1. The van der Waals surface area contributed by atoms with Gasteiger partial charge in [0.15, 0.2) is 24.0 Å². The Balaban J connectivity index is 1.09. The third-order valence-electron chi connectivity index (χ3n) is 8.00. The molecule has 24 heteroatoms. The lowest BCUT2D eigenvalue weighted by molar-refractivity contribution is -0.270. The third kappa shape index (κ3) is 11.8. The largest absolute Gasteiger partial charge is 0.469 e. The van der Waals surface area contributed by atoms with E-state index in [1.165, 1.54) is 24.1 Å². The van der Waals surface area contributed by atoms with E-state index < -0.39 is 82.1 Å². The van der Waals surface area contributed by atoms with E-state index in [0.29, 0.717) is 12.8 Å². The van der Waals surface area contributed by atoms with E-state index in [-0.39, 0.29) is 69.1 Å². The molecule has 9 atom stereocenters. The number of hydrogen-bond donors (Lipinski definition) is 9. The first-order valence-electron chi connectivity index (χ1n) is 16.3. The van der Waals surface area contributed by atoms with Crippen LogP contribution in [0.4, 0.5) is 5.82 Å². The van der Waals surface area contributed by atoms with Crippen LogP contribution in [0.2, 0.25) is 0 Å². The molecular formula is C28H46N7O16P. The van der Waals surface area contributed by atoms with E-state index in [1.807, 2.05) is 0 Å². The van der Waals surface area contributed by atoms with Gasteiger partial charge in [0, 0.05) is 26.5 Å². The predicted octanol–water partition coefficient (Wildman–Crippen LogP) is -3.60. The van der Waals surface area contributed by atoms with Gasteiger partial charge in [-0.3, -0.25) is 18.7 Å². The average Bonchev–Trinajstić information content (AvgIpc) is 3.66. The van der Waals surface area contributed by atoms with Crippen molar-refractivity contribution in [3.05, 3.63) is 12.7 Å². The lowest BCUT2D eigenvalue weighted by Crippen LogP contribution is -2.64. The molecule has 52 heavy (non-hydrogen) atoms. The number of aliphatic hydroxyl groups is 4. The third-order valence-corrected chi connectivity index (χ3v) is 8.48. The summed E-state index contributed by atoms with van der Waals surface area (Å²) in [5, 5.41) is 45.8. The number of ether oxygens (including phenoxy) is 6. The molecule has 0 spiro atoms. The fourth-order valence-corrected chi connectivity index (χ4v) is 5.78. The van der Waals surface area contributed by atoms with Crippen molar-refractivity contribution in [3.63, 3.8) is 0 Å². The highest BCUT2D eigenvalue weighted by Crippen LogP contribution is 2.39. The Morgan fingerprint density at radius 1 is 0.981 bits per heavy atom. The Kier molecular flexibility index (Phi) is 16.0. The fraction of sp³-hybridized carbons (Fsp3) is 0.750. The molecule has 2 aliphatic rings. The van der Waals surface area contributed by atoms with Crippen LogP contribution in [0.15, 0.2) is 12.7 Å². The van der Waals surface area contributed by atoms with E-state index in [4.69, 9.17) is 43.9 Å². The van der Waals surface area contributed by atoms with Crippen molar-refractivity contribution in [2.75, 3.05) is 58.7 Å². The summed E-state index contributed by atoms with van der Waals surface area (Å²) >= 11 is 0. The first-order chi connectivity index (χ1) is 24.8. The molecule has 2 fully saturated rings. The summed E-state index contributed by atoms with van der Waals surface area (Å²) in [6.45, 7) is 0.546. The second-order valence-corrected chi connectivity index (χ2v) is 13.0. The van der Waals surface area contributed by atoms with Crippen molar-refractivity contribution in [1.29, 1.82) is 0 Å². The van der Waals surface area contributed by atoms with Gasteiger partial charge in [0.05, 0.1) is 39.4 Å². The van der Waals surface area contributed by atoms with Gasteiger partial charge < -0.3 is 75.0 Å². The van der Waals surface area contributed by atoms with Crippen molar-refractivity contribution in [2.24, 2.45) is 0 Å². The summed E-state index contributed by atoms with van der Waals surface area (Å²) < 4.78 is 50.8. The number of fused-ring (bicyclic) bond motifs is 1. The molecular weight excluding hydrogens is 721 g/mol. The molecule has 0 bridgehead atoms. The van der Waals surface area contributed by atoms with Gasteiger partial charge in [-0.15, -0.1) is 0 Å². The predicted molar refractivity (Wildman–Crippen MR) is 172 cm³/mol. The minimum absolute atomic E-state index is 0.0906. The second-order valence-electron chi connectivity index (χ2n) is 11.8. The van der Waals surface area contributed by atoms with Crippen LogP contribution in [0, 0.1) is 0 Å². The van der Waals surface area contributed by atoms with Crippen LogP contribution in [0.1, 0.15) is 32.4 Å². The van der Waals surface area contributed by atoms with Crippen LogP contribution in [0.5, 0.6) is 0 Å². The number of anilines is 1. The molecule has 23 nitrogen and oxygen atoms in total. The van der Waals surface area contributed by atoms with E-state index in [0.717, 1.165) is 0 Å². The Bertz CT molecular complexity index is 1480. The smallest absolute Gasteiger partial charge is 0.394 e. The van der Waals surface area contributed by atoms with Crippen LogP contribution < -0.4 is 16.4 Å². The van der Waals surface area contributed by atoms with Crippen molar-refractivity contribution in [2.45, 2.75) is 81.4 Å². The van der Waals surface area contributed by atoms with Crippen molar-refractivity contribution in [3.8, 4) is 0 Å². The lowest BCUT2D eigenvalue weighted by atomic mass is 9.97. The lowest BCUT2D eigenvalue weighted by Gasteiger charge is -2.42. The minimum atomic E-state index is -4.85. The quantitative estimate of drug-likeness (QED) is 0.0336. The minimum Gasteiger partial charge on any atom is -0.394 e. The van der Waals surface area contributed by atoms with Gasteiger partial charge in [0.25, 0.3) is 0 Å². The van der Waals surface area contributed by atoms with E-state index >= 15 is 0 Å². The van der Waals surface area contributed by atoms with Gasteiger partial charge in [0.1, 0.15) is 61.3 Å². The van der Waals surface area contributed by atoms with E-state index in [9.17, 15) is 34.6 Å². The molecule has 0 aliphatic carbocycles. The summed E-state index contributed by atoms with van der Waals surface area (Å²) in [6, 6.07) is -1.04. The number of carbonyl (C=O) groups is 2. The maximum atomic E-state index is 12.2. The number of carbonyl (C=O) groups excluding carboxylic acids is 2. The number of aliphatic hydroxyl groups excluding tert-OH is 4. The molecule has 2 aromatic rings. The number of hydrogen-bond acceptors (Lipinski definition) is 18. The fourth-order valence-electron chi connectivity index (χ4n) is 5.44. The zero-order chi connectivity index (χ0) is 37.8. The first kappa shape index (κ1) is 41.8. The van der Waals surface area contributed by atoms with Gasteiger partial charge in [-0.25, -0.2) is 19.5 Å². The summed E-state index contributed by atoms with van der Waals surface area (Å²) in [6.07, 6.45) is -6.03. The second kappa shape index (κ2) is 19.9. The number of unbranched alkanes of at least 4 members (excludes halogenated alkanes) is 1.